The molecule has 0 bridgehead atoms. The third kappa shape index (κ3) is 5.12. The van der Waals surface area contributed by atoms with E-state index in [9.17, 15) is 4.79 Å². The maximum absolute atomic E-state index is 13.3. The summed E-state index contributed by atoms with van der Waals surface area (Å²) in [5, 5.41) is 14.9. The van der Waals surface area contributed by atoms with Crippen LogP contribution in [0.1, 0.15) is 18.4 Å². The topological polar surface area (TPSA) is 117 Å². The zero-order valence-electron chi connectivity index (χ0n) is 25.3. The summed E-state index contributed by atoms with van der Waals surface area (Å²) in [7, 11) is 3.64. The Kier molecular flexibility index (Phi) is 6.81. The lowest BCUT2D eigenvalue weighted by atomic mass is 10.1. The van der Waals surface area contributed by atoms with Crippen LogP contribution in [0.25, 0.3) is 27.9 Å². The standard InChI is InChI=1S/C32H34N10O3/c1-38(19-21-3-8-24(44-2)9-4-21)31-29-25(17-28(35-36-29)41-12-11-40(32(41)43)22-5-6-22)26(18-33-31)30-34-27-10-7-23(20-42(27)37-30)39-13-15-45-16-14-39/h3-4,7-10,17-18,20,22H,5-6,11-16,19H2,1-2H3. The van der Waals surface area contributed by atoms with Crippen molar-refractivity contribution in [1.82, 2.24) is 34.7 Å². The third-order valence-corrected chi connectivity index (χ3v) is 8.78. The number of pyridine rings is 2. The largest absolute Gasteiger partial charge is 0.497 e. The van der Waals surface area contributed by atoms with E-state index in [0.29, 0.717) is 61.9 Å². The Morgan fingerprint density at radius 3 is 2.62 bits per heavy atom. The van der Waals surface area contributed by atoms with Gasteiger partial charge in [-0.05, 0) is 48.7 Å². The van der Waals surface area contributed by atoms with E-state index in [1.54, 1.807) is 18.2 Å². The Balaban J connectivity index is 1.19. The second-order valence-corrected chi connectivity index (χ2v) is 11.7. The second kappa shape index (κ2) is 11.1. The van der Waals surface area contributed by atoms with Crippen molar-refractivity contribution in [1.29, 1.82) is 0 Å². The van der Waals surface area contributed by atoms with Gasteiger partial charge in [-0.1, -0.05) is 12.1 Å². The summed E-state index contributed by atoms with van der Waals surface area (Å²) >= 11 is 0. The minimum atomic E-state index is -0.0138. The van der Waals surface area contributed by atoms with E-state index in [-0.39, 0.29) is 6.03 Å². The first-order valence-electron chi connectivity index (χ1n) is 15.3. The van der Waals surface area contributed by atoms with Crippen molar-refractivity contribution in [2.45, 2.75) is 25.4 Å². The van der Waals surface area contributed by atoms with Gasteiger partial charge in [-0.3, -0.25) is 4.90 Å². The Morgan fingerprint density at radius 2 is 1.84 bits per heavy atom. The van der Waals surface area contributed by atoms with Crippen LogP contribution in [0.3, 0.4) is 0 Å². The number of amides is 2. The average Bonchev–Trinajstić information content (AvgIpc) is 3.72. The quantitative estimate of drug-likeness (QED) is 0.259. The van der Waals surface area contributed by atoms with Crippen LogP contribution in [0, 0.1) is 0 Å². The number of benzene rings is 1. The first kappa shape index (κ1) is 27.5. The number of hydrogen-bond acceptors (Lipinski definition) is 10. The molecule has 0 spiro atoms. The molecule has 0 radical (unpaired) electrons. The summed E-state index contributed by atoms with van der Waals surface area (Å²) in [6.45, 7) is 4.97. The summed E-state index contributed by atoms with van der Waals surface area (Å²) in [6, 6.07) is 14.3. The number of carbonyl (C=O) groups excluding carboxylic acids is 1. The number of hydrogen-bond donors (Lipinski definition) is 0. The van der Waals surface area contributed by atoms with Crippen molar-refractivity contribution in [3.63, 3.8) is 0 Å². The van der Waals surface area contributed by atoms with Crippen LogP contribution < -0.4 is 19.4 Å². The first-order chi connectivity index (χ1) is 22.1. The van der Waals surface area contributed by atoms with Crippen LogP contribution in [0.5, 0.6) is 5.75 Å². The van der Waals surface area contributed by atoms with Crippen LogP contribution in [0.4, 0.5) is 22.1 Å². The van der Waals surface area contributed by atoms with Gasteiger partial charge in [-0.2, -0.15) is 0 Å². The molecule has 2 aliphatic heterocycles. The molecule has 4 aromatic heterocycles. The number of morpholine rings is 1. The number of ether oxygens (including phenoxy) is 2. The lowest BCUT2D eigenvalue weighted by Crippen LogP contribution is -2.36. The number of aromatic nitrogens is 6. The molecular formula is C32H34N10O3. The molecule has 230 valence electrons. The van der Waals surface area contributed by atoms with Crippen molar-refractivity contribution in [2.24, 2.45) is 0 Å². The van der Waals surface area contributed by atoms with Gasteiger partial charge in [0.05, 0.1) is 32.2 Å². The van der Waals surface area contributed by atoms with Crippen LogP contribution in [0.15, 0.2) is 54.9 Å². The first-order valence-corrected chi connectivity index (χ1v) is 15.3. The number of nitrogens with zero attached hydrogens (tertiary/aromatic N) is 10. The molecule has 6 heterocycles. The molecule has 5 aromatic rings. The van der Waals surface area contributed by atoms with Gasteiger partial charge in [-0.25, -0.2) is 19.3 Å². The highest BCUT2D eigenvalue weighted by Gasteiger charge is 2.40. The highest BCUT2D eigenvalue weighted by molar-refractivity contribution is 6.01. The fourth-order valence-electron chi connectivity index (χ4n) is 6.16. The van der Waals surface area contributed by atoms with Gasteiger partial charge < -0.3 is 24.2 Å². The summed E-state index contributed by atoms with van der Waals surface area (Å²) in [5.41, 5.74) is 4.24. The SMILES string of the molecule is COc1ccc(CN(C)c2ncc(-c3nc4ccc(N5CCOCC5)cn4n3)c3cc(N4CCN(C5CC5)C4=O)nnc23)cc1. The van der Waals surface area contributed by atoms with Gasteiger partial charge in [0.1, 0.15) is 11.3 Å². The maximum atomic E-state index is 13.3. The number of carbonyl (C=O) groups is 1. The van der Waals surface area contributed by atoms with E-state index >= 15 is 0 Å². The van der Waals surface area contributed by atoms with E-state index in [1.807, 2.05) is 64.0 Å². The van der Waals surface area contributed by atoms with E-state index in [4.69, 9.17) is 24.5 Å². The molecule has 2 saturated heterocycles. The Hall–Kier alpha value is -5.04. The zero-order valence-corrected chi connectivity index (χ0v) is 25.3. The van der Waals surface area contributed by atoms with Crippen molar-refractivity contribution in [3.8, 4) is 17.1 Å². The van der Waals surface area contributed by atoms with E-state index in [1.165, 1.54) is 0 Å². The number of anilines is 3. The molecule has 1 saturated carbocycles. The van der Waals surface area contributed by atoms with Crippen LogP contribution in [-0.4, -0.2) is 100 Å². The van der Waals surface area contributed by atoms with Gasteiger partial charge in [0.2, 0.25) is 0 Å². The van der Waals surface area contributed by atoms with E-state index in [0.717, 1.165) is 59.5 Å². The number of rotatable bonds is 8. The third-order valence-electron chi connectivity index (χ3n) is 8.78. The summed E-state index contributed by atoms with van der Waals surface area (Å²) in [4.78, 5) is 31.0. The Morgan fingerprint density at radius 1 is 1.02 bits per heavy atom. The summed E-state index contributed by atoms with van der Waals surface area (Å²) in [6.07, 6.45) is 5.93. The Bertz CT molecular complexity index is 1880. The molecule has 13 nitrogen and oxygen atoms in total. The van der Waals surface area contributed by atoms with Crippen molar-refractivity contribution in [3.05, 3.63) is 60.4 Å². The smallest absolute Gasteiger partial charge is 0.326 e. The van der Waals surface area contributed by atoms with Gasteiger partial charge in [0.25, 0.3) is 0 Å². The van der Waals surface area contributed by atoms with Crippen molar-refractivity contribution < 1.29 is 14.3 Å². The Labute approximate surface area is 260 Å². The monoisotopic (exact) mass is 606 g/mol. The molecule has 13 heteroatoms. The molecule has 1 aromatic carbocycles. The number of methoxy groups -OCH3 is 1. The van der Waals surface area contributed by atoms with Crippen molar-refractivity contribution >= 4 is 39.9 Å². The molecule has 0 atom stereocenters. The molecule has 3 aliphatic rings. The molecule has 45 heavy (non-hydrogen) atoms. The van der Waals surface area contributed by atoms with Gasteiger partial charge in [-0.15, -0.1) is 15.3 Å². The average molecular weight is 607 g/mol. The number of urea groups is 1. The molecule has 0 unspecified atom stereocenters. The highest BCUT2D eigenvalue weighted by atomic mass is 16.5. The molecule has 3 fully saturated rings. The minimum Gasteiger partial charge on any atom is -0.497 e. The predicted molar refractivity (Wildman–Crippen MR) is 170 cm³/mol. The van der Waals surface area contributed by atoms with Crippen LogP contribution >= 0.6 is 0 Å². The summed E-state index contributed by atoms with van der Waals surface area (Å²) in [5.74, 6) is 2.53. The second-order valence-electron chi connectivity index (χ2n) is 11.7. The zero-order chi connectivity index (χ0) is 30.5. The lowest BCUT2D eigenvalue weighted by molar-refractivity contribution is 0.122. The minimum absolute atomic E-state index is 0.0138. The van der Waals surface area contributed by atoms with Gasteiger partial charge in [0, 0.05) is 63.0 Å². The maximum Gasteiger partial charge on any atom is 0.326 e. The molecule has 1 aliphatic carbocycles. The molecular weight excluding hydrogens is 572 g/mol. The molecule has 0 N–H and O–H groups in total. The lowest BCUT2D eigenvalue weighted by Gasteiger charge is -2.28. The normalized spacial score (nSPS) is 17.1. The summed E-state index contributed by atoms with van der Waals surface area (Å²) < 4.78 is 12.7. The highest BCUT2D eigenvalue weighted by Crippen LogP contribution is 2.35. The van der Waals surface area contributed by atoms with Crippen molar-refractivity contribution in [2.75, 3.05) is 68.2 Å². The molecule has 8 rings (SSSR count). The number of fused-ring (bicyclic) bond motifs is 2. The van der Waals surface area contributed by atoms with Gasteiger partial charge >= 0.3 is 6.03 Å². The van der Waals surface area contributed by atoms with Crippen LogP contribution in [0.2, 0.25) is 0 Å². The molecule has 2 amide bonds. The fraction of sp³-hybridized carbons (Fsp3) is 0.375. The fourth-order valence-corrected chi connectivity index (χ4v) is 6.16. The predicted octanol–water partition coefficient (Wildman–Crippen LogP) is 3.62. The van der Waals surface area contributed by atoms with E-state index in [2.05, 4.69) is 21.2 Å². The van der Waals surface area contributed by atoms with E-state index < -0.39 is 0 Å². The van der Waals surface area contributed by atoms with Gasteiger partial charge in [0.15, 0.2) is 23.1 Å². The van der Waals surface area contributed by atoms with Crippen LogP contribution in [-0.2, 0) is 11.3 Å².